The first-order chi connectivity index (χ1) is 12.4. The Bertz CT molecular complexity index is 1090. The minimum absolute atomic E-state index is 0.109. The highest BCUT2D eigenvalue weighted by atomic mass is 35.5. The minimum Gasteiger partial charge on any atom is -0.370 e. The molecule has 7 heteroatoms. The summed E-state index contributed by atoms with van der Waals surface area (Å²) in [7, 11) is 0. The van der Waals surface area contributed by atoms with Crippen LogP contribution in [0.25, 0.3) is 26.7 Å². The predicted octanol–water partition coefficient (Wildman–Crippen LogP) is 4.26. The Balaban J connectivity index is 2.38. The van der Waals surface area contributed by atoms with Gasteiger partial charge in [-0.15, -0.1) is 0 Å². The van der Waals surface area contributed by atoms with E-state index in [4.69, 9.17) is 29.6 Å². The maximum atomic E-state index is 14.5. The van der Waals surface area contributed by atoms with E-state index in [1.54, 1.807) is 30.3 Å². The third-order valence-corrected chi connectivity index (χ3v) is 4.13. The van der Waals surface area contributed by atoms with Gasteiger partial charge in [0.25, 0.3) is 5.91 Å². The van der Waals surface area contributed by atoms with Gasteiger partial charge in [0.1, 0.15) is 5.82 Å². The number of carbonyl (C=O) groups is 1. The highest BCUT2D eigenvalue weighted by Crippen LogP contribution is 2.42. The lowest BCUT2D eigenvalue weighted by Crippen LogP contribution is -2.24. The summed E-state index contributed by atoms with van der Waals surface area (Å²) in [6, 6.07) is 12.4. The van der Waals surface area contributed by atoms with Gasteiger partial charge in [0.15, 0.2) is 11.6 Å². The average Bonchev–Trinajstić information content (AvgIpc) is 2.60. The zero-order chi connectivity index (χ0) is 18.8. The maximum Gasteiger partial charge on any atom is 0.280 e. The number of hydrogen-bond acceptors (Lipinski definition) is 1. The van der Waals surface area contributed by atoms with Gasteiger partial charge in [0.2, 0.25) is 0 Å². The normalized spacial score (nSPS) is 10.3. The molecule has 0 aliphatic heterocycles. The Morgan fingerprint density at radius 2 is 1.85 bits per heavy atom. The third kappa shape index (κ3) is 3.08. The monoisotopic (exact) mass is 366 g/mol. The molecule has 0 aromatic heterocycles. The Kier molecular flexibility index (Phi) is 4.57. The summed E-state index contributed by atoms with van der Waals surface area (Å²) in [5, 5.41) is 1.39. The van der Waals surface area contributed by atoms with E-state index in [2.05, 4.69) is 9.84 Å². The van der Waals surface area contributed by atoms with E-state index in [0.717, 1.165) is 0 Å². The molecule has 1 amide bonds. The summed E-state index contributed by atoms with van der Waals surface area (Å²) in [5.74, 6) is -1.55. The van der Waals surface area contributed by atoms with Crippen LogP contribution in [0.3, 0.4) is 0 Å². The topological polar surface area (TPSA) is 85.8 Å². The first kappa shape index (κ1) is 17.4. The predicted molar refractivity (Wildman–Crippen MR) is 101 cm³/mol. The molecule has 4 N–H and O–H groups in total. The van der Waals surface area contributed by atoms with Crippen molar-refractivity contribution >= 4 is 39.9 Å². The van der Waals surface area contributed by atoms with Crippen LogP contribution in [0.1, 0.15) is 10.4 Å². The molecule has 3 rings (SSSR count). The van der Waals surface area contributed by atoms with Gasteiger partial charge in [-0.25, -0.2) is 9.24 Å². The van der Waals surface area contributed by atoms with Crippen molar-refractivity contribution in [3.8, 4) is 11.1 Å². The van der Waals surface area contributed by atoms with E-state index < -0.39 is 11.7 Å². The Labute approximate surface area is 153 Å². The molecule has 3 aromatic carbocycles. The second-order valence-corrected chi connectivity index (χ2v) is 5.85. The van der Waals surface area contributed by atoms with Crippen LogP contribution in [0.2, 0.25) is 5.02 Å². The number of fused-ring (bicyclic) bond motifs is 1. The van der Waals surface area contributed by atoms with E-state index in [-0.39, 0.29) is 27.8 Å². The highest BCUT2D eigenvalue weighted by molar-refractivity contribution is 6.34. The zero-order valence-electron chi connectivity index (χ0n) is 13.3. The van der Waals surface area contributed by atoms with Gasteiger partial charge in [-0.3, -0.25) is 4.79 Å². The number of nitrogens with zero attached hydrogens (tertiary/aromatic N) is 2. The van der Waals surface area contributed by atoms with Crippen molar-refractivity contribution in [3.63, 3.8) is 0 Å². The van der Waals surface area contributed by atoms with Crippen LogP contribution in [-0.4, -0.2) is 11.9 Å². The molecule has 0 radical (unpaired) electrons. The highest BCUT2D eigenvalue weighted by Gasteiger charge is 2.18. The number of nitrogens with two attached hydrogens (primary N) is 2. The fraction of sp³-hybridized carbons (Fsp3) is 0. The molecule has 128 valence electrons. The minimum atomic E-state index is -0.634. The van der Waals surface area contributed by atoms with Crippen molar-refractivity contribution in [1.82, 2.24) is 0 Å². The molecule has 0 bridgehead atoms. The van der Waals surface area contributed by atoms with Crippen LogP contribution in [0.4, 0.5) is 10.1 Å². The van der Waals surface area contributed by atoms with Crippen LogP contribution >= 0.6 is 11.6 Å². The summed E-state index contributed by atoms with van der Waals surface area (Å²) in [5.41, 5.74) is 11.4. The molecule has 0 saturated carbocycles. The van der Waals surface area contributed by atoms with Crippen LogP contribution in [0.15, 0.2) is 53.5 Å². The maximum absolute atomic E-state index is 14.5. The number of amides is 1. The molecule has 0 unspecified atom stereocenters. The smallest absolute Gasteiger partial charge is 0.280 e. The molecule has 3 aromatic rings. The molecule has 26 heavy (non-hydrogen) atoms. The van der Waals surface area contributed by atoms with Gasteiger partial charge in [-0.1, -0.05) is 35.9 Å². The van der Waals surface area contributed by atoms with Gasteiger partial charge in [0, 0.05) is 11.1 Å². The lowest BCUT2D eigenvalue weighted by Gasteiger charge is -2.13. The Morgan fingerprint density at radius 1 is 1.12 bits per heavy atom. The summed E-state index contributed by atoms with van der Waals surface area (Å²) >= 11 is 6.20. The molecule has 0 fully saturated rings. The van der Waals surface area contributed by atoms with Crippen LogP contribution in [-0.2, 0) is 0 Å². The lowest BCUT2D eigenvalue weighted by atomic mass is 9.94. The second kappa shape index (κ2) is 6.82. The van der Waals surface area contributed by atoms with Gasteiger partial charge in [-0.2, -0.15) is 4.99 Å². The molecular weight excluding hydrogens is 355 g/mol. The SMILES string of the molecule is [C-]#[N+]c1ccc2ccc(C(=O)N=C(N)N)cc2c1-c1c(F)cccc1Cl. The number of rotatable bonds is 2. The number of halogens is 2. The van der Waals surface area contributed by atoms with Crippen molar-refractivity contribution in [2.24, 2.45) is 16.5 Å². The fourth-order valence-electron chi connectivity index (χ4n) is 2.72. The van der Waals surface area contributed by atoms with Crippen molar-refractivity contribution < 1.29 is 9.18 Å². The van der Waals surface area contributed by atoms with Gasteiger partial charge >= 0.3 is 0 Å². The summed E-state index contributed by atoms with van der Waals surface area (Å²) in [4.78, 5) is 19.1. The van der Waals surface area contributed by atoms with Gasteiger partial charge < -0.3 is 11.5 Å². The zero-order valence-corrected chi connectivity index (χ0v) is 14.1. The number of benzene rings is 3. The Hall–Kier alpha value is -3.43. The number of hydrogen-bond donors (Lipinski definition) is 2. The van der Waals surface area contributed by atoms with Gasteiger partial charge in [0.05, 0.1) is 11.6 Å². The molecular formula is C19H12ClFN4O. The quantitative estimate of drug-likeness (QED) is 0.403. The molecule has 0 heterocycles. The molecule has 0 saturated heterocycles. The van der Waals surface area contributed by atoms with Crippen molar-refractivity contribution in [2.45, 2.75) is 0 Å². The van der Waals surface area contributed by atoms with Gasteiger partial charge in [-0.05, 0) is 40.6 Å². The van der Waals surface area contributed by atoms with Crippen LogP contribution in [0.5, 0.6) is 0 Å². The average molecular weight is 367 g/mol. The third-order valence-electron chi connectivity index (χ3n) is 3.81. The molecule has 0 spiro atoms. The molecule has 0 atom stereocenters. The molecule has 5 nitrogen and oxygen atoms in total. The van der Waals surface area contributed by atoms with E-state index in [0.29, 0.717) is 16.3 Å². The lowest BCUT2D eigenvalue weighted by molar-refractivity contribution is 0.100. The summed E-state index contributed by atoms with van der Waals surface area (Å²) < 4.78 is 14.5. The Morgan fingerprint density at radius 3 is 2.50 bits per heavy atom. The summed E-state index contributed by atoms with van der Waals surface area (Å²) in [6.45, 7) is 7.42. The molecule has 0 aliphatic carbocycles. The van der Waals surface area contributed by atoms with E-state index in [1.165, 1.54) is 18.2 Å². The molecule has 0 aliphatic rings. The van der Waals surface area contributed by atoms with E-state index >= 15 is 0 Å². The van der Waals surface area contributed by atoms with Crippen LogP contribution in [0, 0.1) is 12.4 Å². The first-order valence-electron chi connectivity index (χ1n) is 7.45. The van der Waals surface area contributed by atoms with Crippen molar-refractivity contribution in [2.75, 3.05) is 0 Å². The van der Waals surface area contributed by atoms with E-state index in [1.807, 2.05) is 0 Å². The number of guanidine groups is 1. The fourth-order valence-corrected chi connectivity index (χ4v) is 2.97. The van der Waals surface area contributed by atoms with Crippen molar-refractivity contribution in [1.29, 1.82) is 0 Å². The first-order valence-corrected chi connectivity index (χ1v) is 7.82. The summed E-state index contributed by atoms with van der Waals surface area (Å²) in [6.07, 6.45) is 0. The standard InChI is InChI=1S/C19H12ClFN4O/c1-24-15-8-7-10-5-6-11(18(26)25-19(22)23)9-12(10)16(15)17-13(20)3-2-4-14(17)21/h2-9H,(H4,22,23,25,26). The number of aliphatic imine (C=N–C) groups is 1. The van der Waals surface area contributed by atoms with E-state index in [9.17, 15) is 9.18 Å². The van der Waals surface area contributed by atoms with Crippen LogP contribution < -0.4 is 11.5 Å². The second-order valence-electron chi connectivity index (χ2n) is 5.45. The number of carbonyl (C=O) groups excluding carboxylic acids is 1. The van der Waals surface area contributed by atoms with Crippen molar-refractivity contribution in [3.05, 3.63) is 76.4 Å². The largest absolute Gasteiger partial charge is 0.370 e.